The predicted molar refractivity (Wildman–Crippen MR) is 125 cm³/mol. The Bertz CT molecular complexity index is 1110. The van der Waals surface area contributed by atoms with Crippen LogP contribution in [0.3, 0.4) is 0 Å². The van der Waals surface area contributed by atoms with E-state index in [1.165, 1.54) is 5.56 Å². The summed E-state index contributed by atoms with van der Waals surface area (Å²) < 4.78 is 5.40. The molecule has 1 unspecified atom stereocenters. The van der Waals surface area contributed by atoms with Gasteiger partial charge in [0.2, 0.25) is 0 Å². The molecule has 0 spiro atoms. The summed E-state index contributed by atoms with van der Waals surface area (Å²) >= 11 is 0.922. The van der Waals surface area contributed by atoms with E-state index in [2.05, 4.69) is 38.0 Å². The van der Waals surface area contributed by atoms with Gasteiger partial charge in [0.1, 0.15) is 5.58 Å². The average Bonchev–Trinajstić information content (AvgIpc) is 3.39. The van der Waals surface area contributed by atoms with Gasteiger partial charge in [0.05, 0.1) is 11.2 Å². The van der Waals surface area contributed by atoms with E-state index in [1.807, 2.05) is 18.2 Å². The first kappa shape index (κ1) is 21.0. The molecular formula is C23H25N5O3S. The van der Waals surface area contributed by atoms with E-state index >= 15 is 0 Å². The average molecular weight is 452 g/mol. The number of carbonyl (C=O) groups is 2. The lowest BCUT2D eigenvalue weighted by atomic mass is 9.96. The highest BCUT2D eigenvalue weighted by atomic mass is 32.2. The van der Waals surface area contributed by atoms with Crippen LogP contribution in [0.1, 0.15) is 18.4 Å². The summed E-state index contributed by atoms with van der Waals surface area (Å²) in [4.78, 5) is 30.4. The van der Waals surface area contributed by atoms with Crippen LogP contribution in [0.5, 0.6) is 0 Å². The number of piperidine rings is 1. The summed E-state index contributed by atoms with van der Waals surface area (Å²) in [6.07, 6.45) is 9.08. The van der Waals surface area contributed by atoms with Crippen molar-refractivity contribution in [2.75, 3.05) is 19.6 Å². The number of fused-ring (bicyclic) bond motifs is 1. The van der Waals surface area contributed by atoms with E-state index in [1.54, 1.807) is 18.6 Å². The zero-order valence-corrected chi connectivity index (χ0v) is 18.4. The Kier molecular flexibility index (Phi) is 6.11. The van der Waals surface area contributed by atoms with Crippen molar-refractivity contribution >= 4 is 40.1 Å². The molecule has 1 aromatic carbocycles. The number of hydrogen-bond acceptors (Lipinski definition) is 8. The number of likely N-dealkylation sites (tertiary alicyclic amines) is 1. The highest BCUT2D eigenvalue weighted by Crippen LogP contribution is 2.25. The van der Waals surface area contributed by atoms with Gasteiger partial charge in [0, 0.05) is 36.9 Å². The Balaban J connectivity index is 1.07. The van der Waals surface area contributed by atoms with Crippen molar-refractivity contribution in [3.05, 3.63) is 58.8 Å². The van der Waals surface area contributed by atoms with Gasteiger partial charge in [-0.05, 0) is 73.0 Å². The first-order chi connectivity index (χ1) is 15.6. The topological polar surface area (TPSA) is 99.0 Å². The largest absolute Gasteiger partial charge is 0.464 e. The maximum Gasteiger partial charge on any atom is 0.290 e. The number of imide groups is 1. The van der Waals surface area contributed by atoms with Gasteiger partial charge >= 0.3 is 0 Å². The molecule has 2 amide bonds. The van der Waals surface area contributed by atoms with Crippen LogP contribution in [0.25, 0.3) is 11.0 Å². The molecule has 8 nitrogen and oxygen atoms in total. The van der Waals surface area contributed by atoms with E-state index in [0.717, 1.165) is 67.4 Å². The van der Waals surface area contributed by atoms with Crippen LogP contribution in [0, 0.1) is 5.92 Å². The highest BCUT2D eigenvalue weighted by Gasteiger charge is 2.28. The SMILES string of the molecule is O=C1NC(=O)/C(=C/C2=CC=NC(N3CCC(CNCc4ccc5occc5c4)CC3)N2)S1. The Morgan fingerprint density at radius 2 is 2.12 bits per heavy atom. The molecule has 5 rings (SSSR count). The summed E-state index contributed by atoms with van der Waals surface area (Å²) in [6.45, 7) is 3.77. The molecular weight excluding hydrogens is 426 g/mol. The highest BCUT2D eigenvalue weighted by molar-refractivity contribution is 8.18. The second-order valence-electron chi connectivity index (χ2n) is 8.19. The molecule has 9 heteroatoms. The Morgan fingerprint density at radius 3 is 2.94 bits per heavy atom. The summed E-state index contributed by atoms with van der Waals surface area (Å²) in [5.74, 6) is 0.290. The van der Waals surface area contributed by atoms with Gasteiger partial charge < -0.3 is 15.1 Å². The normalized spacial score (nSPS) is 23.6. The quantitative estimate of drug-likeness (QED) is 0.581. The van der Waals surface area contributed by atoms with Crippen molar-refractivity contribution in [1.29, 1.82) is 0 Å². The lowest BCUT2D eigenvalue weighted by molar-refractivity contribution is -0.115. The molecule has 32 heavy (non-hydrogen) atoms. The van der Waals surface area contributed by atoms with Crippen molar-refractivity contribution in [2.24, 2.45) is 10.9 Å². The number of aliphatic imine (C=N–C) groups is 1. The molecule has 3 aliphatic heterocycles. The molecule has 0 bridgehead atoms. The van der Waals surface area contributed by atoms with Gasteiger partial charge in [-0.2, -0.15) is 0 Å². The van der Waals surface area contributed by atoms with E-state index in [-0.39, 0.29) is 17.4 Å². The van der Waals surface area contributed by atoms with Crippen molar-refractivity contribution < 1.29 is 14.0 Å². The van der Waals surface area contributed by atoms with Crippen LogP contribution in [-0.4, -0.2) is 48.2 Å². The van der Waals surface area contributed by atoms with E-state index in [4.69, 9.17) is 4.42 Å². The number of rotatable bonds is 6. The number of nitrogens with one attached hydrogen (secondary N) is 3. The minimum Gasteiger partial charge on any atom is -0.464 e. The Labute approximate surface area is 190 Å². The third-order valence-electron chi connectivity index (χ3n) is 5.98. The Hall–Kier alpha value is -2.88. The number of benzene rings is 1. The van der Waals surface area contributed by atoms with Crippen LogP contribution in [0.2, 0.25) is 0 Å². The van der Waals surface area contributed by atoms with Crippen LogP contribution in [0.15, 0.2) is 62.7 Å². The van der Waals surface area contributed by atoms with Gasteiger partial charge in [-0.25, -0.2) is 0 Å². The minimum absolute atomic E-state index is 0.146. The number of amides is 2. The molecule has 2 saturated heterocycles. The number of carbonyl (C=O) groups excluding carboxylic acids is 2. The molecule has 1 aromatic heterocycles. The molecule has 4 heterocycles. The first-order valence-corrected chi connectivity index (χ1v) is 11.6. The zero-order chi connectivity index (χ0) is 21.9. The summed E-state index contributed by atoms with van der Waals surface area (Å²) in [6, 6.07) is 8.30. The summed E-state index contributed by atoms with van der Waals surface area (Å²) in [7, 11) is 0. The Morgan fingerprint density at radius 1 is 1.25 bits per heavy atom. The lowest BCUT2D eigenvalue weighted by Crippen LogP contribution is -2.49. The second kappa shape index (κ2) is 9.32. The third kappa shape index (κ3) is 4.79. The second-order valence-corrected chi connectivity index (χ2v) is 9.21. The molecule has 166 valence electrons. The number of thioether (sulfide) groups is 1. The van der Waals surface area contributed by atoms with Crippen LogP contribution in [-0.2, 0) is 11.3 Å². The number of furan rings is 1. The van der Waals surface area contributed by atoms with Crippen LogP contribution >= 0.6 is 11.8 Å². The maximum atomic E-state index is 11.8. The maximum absolute atomic E-state index is 11.8. The number of hydrogen-bond donors (Lipinski definition) is 3. The molecule has 0 saturated carbocycles. The minimum atomic E-state index is -0.347. The molecule has 2 aromatic rings. The first-order valence-electron chi connectivity index (χ1n) is 10.8. The van der Waals surface area contributed by atoms with E-state index in [0.29, 0.717) is 10.8 Å². The van der Waals surface area contributed by atoms with Gasteiger partial charge in [-0.15, -0.1) is 0 Å². The predicted octanol–water partition coefficient (Wildman–Crippen LogP) is 2.94. The fourth-order valence-electron chi connectivity index (χ4n) is 4.23. The summed E-state index contributed by atoms with van der Waals surface area (Å²) in [5, 5.41) is 10.0. The zero-order valence-electron chi connectivity index (χ0n) is 17.5. The lowest BCUT2D eigenvalue weighted by Gasteiger charge is -2.37. The van der Waals surface area contributed by atoms with Crippen molar-refractivity contribution in [3.8, 4) is 0 Å². The van der Waals surface area contributed by atoms with Gasteiger partial charge in [0.15, 0.2) is 6.29 Å². The smallest absolute Gasteiger partial charge is 0.290 e. The molecule has 2 fully saturated rings. The van der Waals surface area contributed by atoms with Crippen LogP contribution in [0.4, 0.5) is 4.79 Å². The monoisotopic (exact) mass is 451 g/mol. The molecule has 1 atom stereocenters. The molecule has 3 N–H and O–H groups in total. The molecule has 3 aliphatic rings. The number of nitrogens with zero attached hydrogens (tertiary/aromatic N) is 2. The third-order valence-corrected chi connectivity index (χ3v) is 6.79. The fraction of sp³-hybridized carbons (Fsp3) is 0.348. The molecule has 0 aliphatic carbocycles. The van der Waals surface area contributed by atoms with Crippen molar-refractivity contribution in [2.45, 2.75) is 25.7 Å². The fourth-order valence-corrected chi connectivity index (χ4v) is 4.90. The van der Waals surface area contributed by atoms with Crippen molar-refractivity contribution in [3.63, 3.8) is 0 Å². The van der Waals surface area contributed by atoms with Gasteiger partial charge in [0.25, 0.3) is 11.1 Å². The van der Waals surface area contributed by atoms with E-state index < -0.39 is 0 Å². The van der Waals surface area contributed by atoms with Gasteiger partial charge in [-0.3, -0.25) is 24.8 Å². The van der Waals surface area contributed by atoms with Gasteiger partial charge in [-0.1, -0.05) is 6.07 Å². The van der Waals surface area contributed by atoms with Crippen LogP contribution < -0.4 is 16.0 Å². The van der Waals surface area contributed by atoms with E-state index in [9.17, 15) is 9.59 Å². The summed E-state index contributed by atoms with van der Waals surface area (Å²) in [5.41, 5.74) is 2.98. The standard InChI is InChI=1S/C23H25N5O3S/c29-21-20(32-23(30)27-21)12-18-3-7-25-22(26-18)28-8-4-15(5-9-28)13-24-14-16-1-2-19-17(11-16)6-10-31-19/h1-3,6-7,10-12,15,22,24,26H,4-5,8-9,13-14H2,(H,27,29,30)/b20-12-. The molecule has 0 radical (unpaired) electrons. The number of allylic oxidation sites excluding steroid dienone is 2. The van der Waals surface area contributed by atoms with Crippen molar-refractivity contribution in [1.82, 2.24) is 20.9 Å².